The van der Waals surface area contributed by atoms with E-state index in [0.717, 1.165) is 31.3 Å². The Kier molecular flexibility index (Phi) is 10.1. The highest BCUT2D eigenvalue weighted by Gasteiger charge is 2.21. The molecule has 0 atom stereocenters. The van der Waals surface area contributed by atoms with Gasteiger partial charge in [-0.2, -0.15) is 0 Å². The first-order valence-electron chi connectivity index (χ1n) is 12.2. The van der Waals surface area contributed by atoms with Gasteiger partial charge in [-0.15, -0.1) is 13.2 Å². The molecular weight excluding hydrogens is 376 g/mol. The Labute approximate surface area is 190 Å². The van der Waals surface area contributed by atoms with E-state index in [1.807, 2.05) is 6.08 Å². The minimum Gasteiger partial charge on any atom is -0.376 e. The fourth-order valence-electron chi connectivity index (χ4n) is 4.74. The third-order valence-corrected chi connectivity index (χ3v) is 6.74. The Hall–Kier alpha value is -2.12. The highest BCUT2D eigenvalue weighted by atomic mass is 16.5. The van der Waals surface area contributed by atoms with Gasteiger partial charge < -0.3 is 4.74 Å². The predicted octanol–water partition coefficient (Wildman–Crippen LogP) is 8.19. The molecule has 0 bridgehead atoms. The van der Waals surface area contributed by atoms with Crippen molar-refractivity contribution in [2.45, 2.75) is 76.7 Å². The van der Waals surface area contributed by atoms with Crippen LogP contribution in [0.3, 0.4) is 0 Å². The summed E-state index contributed by atoms with van der Waals surface area (Å²) in [6.07, 6.45) is 16.3. The topological polar surface area (TPSA) is 9.23 Å². The number of hydrogen-bond acceptors (Lipinski definition) is 1. The fourth-order valence-corrected chi connectivity index (χ4v) is 4.74. The van der Waals surface area contributed by atoms with Crippen LogP contribution in [0.25, 0.3) is 0 Å². The number of hydrogen-bond donors (Lipinski definition) is 0. The average Bonchev–Trinajstić information content (AvgIpc) is 2.82. The van der Waals surface area contributed by atoms with Crippen LogP contribution < -0.4 is 0 Å². The van der Waals surface area contributed by atoms with Crippen LogP contribution in [0.15, 0.2) is 73.8 Å². The summed E-state index contributed by atoms with van der Waals surface area (Å²) in [4.78, 5) is 0. The summed E-state index contributed by atoms with van der Waals surface area (Å²) < 4.78 is 5.63. The first kappa shape index (κ1) is 23.5. The van der Waals surface area contributed by atoms with Gasteiger partial charge in [0.2, 0.25) is 0 Å². The van der Waals surface area contributed by atoms with Crippen LogP contribution in [-0.2, 0) is 24.2 Å². The van der Waals surface area contributed by atoms with Crippen molar-refractivity contribution >= 4 is 0 Å². The molecule has 1 aliphatic rings. The molecule has 31 heavy (non-hydrogen) atoms. The van der Waals surface area contributed by atoms with Crippen LogP contribution >= 0.6 is 0 Å². The maximum Gasteiger partial charge on any atom is 0.0717 e. The Bertz CT molecular complexity index is 763. The van der Waals surface area contributed by atoms with Crippen molar-refractivity contribution in [2.24, 2.45) is 5.92 Å². The second kappa shape index (κ2) is 13.3. The molecule has 0 unspecified atom stereocenters. The first-order valence-corrected chi connectivity index (χ1v) is 12.2. The Morgan fingerprint density at radius 1 is 0.742 bits per heavy atom. The molecule has 0 aliphatic heterocycles. The van der Waals surface area contributed by atoms with Crippen LogP contribution in [0.2, 0.25) is 0 Å². The van der Waals surface area contributed by atoms with E-state index in [1.165, 1.54) is 68.1 Å². The largest absolute Gasteiger partial charge is 0.376 e. The van der Waals surface area contributed by atoms with Gasteiger partial charge in [-0.3, -0.25) is 0 Å². The SMILES string of the molecule is C=CCCOCc1ccc(CCCCc2ccc([C@H]3CC[C@H](CC=C)CC3)cc2)cc1. The summed E-state index contributed by atoms with van der Waals surface area (Å²) in [5.74, 6) is 1.64. The van der Waals surface area contributed by atoms with Gasteiger partial charge >= 0.3 is 0 Å². The maximum absolute atomic E-state index is 5.63. The zero-order chi connectivity index (χ0) is 21.7. The fraction of sp³-hybridized carbons (Fsp3) is 0.467. The lowest BCUT2D eigenvalue weighted by Gasteiger charge is -2.28. The third kappa shape index (κ3) is 8.15. The van der Waals surface area contributed by atoms with E-state index in [2.05, 4.69) is 67.8 Å². The standard InChI is InChI=1S/C30H40O/c1-3-5-23-31-24-28-13-11-26(12-14-28)9-6-7-10-27-17-21-30(22-18-27)29-19-15-25(8-4-2)16-20-29/h3-4,11-14,17-18,21-22,25,29H,1-2,5-10,15-16,19-20,23-24H2/t25-,29-. The summed E-state index contributed by atoms with van der Waals surface area (Å²) in [6, 6.07) is 18.4. The molecule has 1 saturated carbocycles. The average molecular weight is 417 g/mol. The van der Waals surface area contributed by atoms with Crippen LogP contribution in [0.4, 0.5) is 0 Å². The molecule has 0 radical (unpaired) electrons. The van der Waals surface area contributed by atoms with Crippen LogP contribution in [0, 0.1) is 5.92 Å². The molecular formula is C30H40O. The van der Waals surface area contributed by atoms with E-state index in [-0.39, 0.29) is 0 Å². The smallest absolute Gasteiger partial charge is 0.0717 e. The van der Waals surface area contributed by atoms with E-state index >= 15 is 0 Å². The minimum atomic E-state index is 0.695. The molecule has 0 spiro atoms. The summed E-state index contributed by atoms with van der Waals surface area (Å²) in [5, 5.41) is 0. The molecule has 1 fully saturated rings. The molecule has 0 amide bonds. The lowest BCUT2D eigenvalue weighted by molar-refractivity contribution is 0.125. The van der Waals surface area contributed by atoms with Crippen molar-refractivity contribution in [1.82, 2.24) is 0 Å². The van der Waals surface area contributed by atoms with Crippen LogP contribution in [0.1, 0.15) is 79.5 Å². The number of allylic oxidation sites excluding steroid dienone is 1. The molecule has 0 aromatic heterocycles. The molecule has 1 nitrogen and oxygen atoms in total. The number of unbranched alkanes of at least 4 members (excludes halogenated alkanes) is 1. The number of rotatable bonds is 13. The Morgan fingerprint density at radius 2 is 1.32 bits per heavy atom. The summed E-state index contributed by atoms with van der Waals surface area (Å²) in [7, 11) is 0. The van der Waals surface area contributed by atoms with Crippen LogP contribution in [0.5, 0.6) is 0 Å². The zero-order valence-corrected chi connectivity index (χ0v) is 19.2. The van der Waals surface area contributed by atoms with E-state index in [0.29, 0.717) is 6.61 Å². The van der Waals surface area contributed by atoms with E-state index in [9.17, 15) is 0 Å². The normalized spacial score (nSPS) is 18.6. The van der Waals surface area contributed by atoms with Crippen molar-refractivity contribution in [3.05, 3.63) is 96.1 Å². The van der Waals surface area contributed by atoms with Gasteiger partial charge in [0, 0.05) is 0 Å². The van der Waals surface area contributed by atoms with Gasteiger partial charge in [-0.25, -0.2) is 0 Å². The van der Waals surface area contributed by atoms with Crippen LogP contribution in [-0.4, -0.2) is 6.61 Å². The molecule has 2 aromatic rings. The van der Waals surface area contributed by atoms with E-state index in [4.69, 9.17) is 4.74 Å². The molecule has 1 aliphatic carbocycles. The second-order valence-corrected chi connectivity index (χ2v) is 9.14. The minimum absolute atomic E-state index is 0.695. The van der Waals surface area contributed by atoms with Gasteiger partial charge in [0.05, 0.1) is 13.2 Å². The Balaban J connectivity index is 1.33. The summed E-state index contributed by atoms with van der Waals surface area (Å²) >= 11 is 0. The molecule has 3 rings (SSSR count). The lowest BCUT2D eigenvalue weighted by atomic mass is 9.77. The number of benzene rings is 2. The molecule has 0 N–H and O–H groups in total. The molecule has 0 saturated heterocycles. The molecule has 166 valence electrons. The Morgan fingerprint density at radius 3 is 1.90 bits per heavy atom. The van der Waals surface area contributed by atoms with E-state index < -0.39 is 0 Å². The van der Waals surface area contributed by atoms with Gasteiger partial charge in [0.15, 0.2) is 0 Å². The summed E-state index contributed by atoms with van der Waals surface area (Å²) in [5.41, 5.74) is 5.71. The molecule has 1 heteroatoms. The number of ether oxygens (including phenoxy) is 1. The van der Waals surface area contributed by atoms with Crippen molar-refractivity contribution in [3.8, 4) is 0 Å². The van der Waals surface area contributed by atoms with Gasteiger partial charge in [0.25, 0.3) is 0 Å². The quantitative estimate of drug-likeness (QED) is 0.236. The zero-order valence-electron chi connectivity index (χ0n) is 19.2. The van der Waals surface area contributed by atoms with E-state index in [1.54, 1.807) is 5.56 Å². The van der Waals surface area contributed by atoms with Crippen molar-refractivity contribution in [1.29, 1.82) is 0 Å². The monoisotopic (exact) mass is 416 g/mol. The molecule has 0 heterocycles. The summed E-state index contributed by atoms with van der Waals surface area (Å²) in [6.45, 7) is 9.07. The maximum atomic E-state index is 5.63. The van der Waals surface area contributed by atoms with Gasteiger partial charge in [0.1, 0.15) is 0 Å². The third-order valence-electron chi connectivity index (χ3n) is 6.74. The predicted molar refractivity (Wildman–Crippen MR) is 134 cm³/mol. The lowest BCUT2D eigenvalue weighted by Crippen LogP contribution is -2.12. The van der Waals surface area contributed by atoms with Gasteiger partial charge in [-0.05, 0) is 98.3 Å². The highest BCUT2D eigenvalue weighted by Crippen LogP contribution is 2.37. The molecule has 2 aromatic carbocycles. The highest BCUT2D eigenvalue weighted by molar-refractivity contribution is 5.26. The van der Waals surface area contributed by atoms with Crippen molar-refractivity contribution in [2.75, 3.05) is 6.61 Å². The van der Waals surface area contributed by atoms with Crippen molar-refractivity contribution < 1.29 is 4.74 Å². The second-order valence-electron chi connectivity index (χ2n) is 9.14. The van der Waals surface area contributed by atoms with Crippen molar-refractivity contribution in [3.63, 3.8) is 0 Å². The number of aryl methyl sites for hydroxylation is 2. The first-order chi connectivity index (χ1) is 15.3. The van der Waals surface area contributed by atoms with Gasteiger partial charge in [-0.1, -0.05) is 60.7 Å².